The van der Waals surface area contributed by atoms with Crippen LogP contribution in [0, 0.1) is 18.8 Å². The fraction of sp³-hybridized carbons (Fsp3) is 0.226. The van der Waals surface area contributed by atoms with E-state index in [1.54, 1.807) is 0 Å². The third-order valence-corrected chi connectivity index (χ3v) is 13.2. The van der Waals surface area contributed by atoms with Crippen molar-refractivity contribution in [3.63, 3.8) is 0 Å². The standard InChI is InChI=1S/C62H59N4O.Pt/c1-40(2)49-22-18-23-50(41(3)4)60(49)43-33-46(65-39-64(56-25-16-17-26-57(56)65)45-27-29-51(42-19-12-11-13-20-42)54(37-45)62(8,9)10)36-48(34-43)67-47-28-30-53-52-21-14-15-24-55(52)66(58(53)38-47)59-35-44(31-32-63-59)61(5,6)7;/h11-35,37,39-41H,1-10H3;/q-3;. The van der Waals surface area contributed by atoms with Gasteiger partial charge in [-0.1, -0.05) is 160 Å². The van der Waals surface area contributed by atoms with E-state index in [1.807, 2.05) is 12.3 Å². The Balaban J connectivity index is 0.00000578. The van der Waals surface area contributed by atoms with Crippen LogP contribution in [0.4, 0.5) is 22.7 Å². The first-order valence-electron chi connectivity index (χ1n) is 23.7. The average molecular weight is 1070 g/mol. The Morgan fingerprint density at radius 1 is 0.574 bits per heavy atom. The zero-order valence-corrected chi connectivity index (χ0v) is 43.0. The number of nitrogens with zero attached hydrogens (tertiary/aromatic N) is 4. The molecule has 68 heavy (non-hydrogen) atoms. The van der Waals surface area contributed by atoms with Gasteiger partial charge in [0.1, 0.15) is 5.82 Å². The van der Waals surface area contributed by atoms with Crippen LogP contribution in [-0.4, -0.2) is 9.55 Å². The van der Waals surface area contributed by atoms with E-state index in [1.165, 1.54) is 38.9 Å². The number of ether oxygens (including phenoxy) is 1. The van der Waals surface area contributed by atoms with Gasteiger partial charge in [0.15, 0.2) is 0 Å². The molecule has 0 radical (unpaired) electrons. The maximum Gasteiger partial charge on any atom is 0.135 e. The van der Waals surface area contributed by atoms with E-state index < -0.39 is 0 Å². The number of aromatic nitrogens is 2. The molecule has 10 rings (SSSR count). The maximum absolute atomic E-state index is 7.02. The van der Waals surface area contributed by atoms with Crippen LogP contribution in [-0.2, 0) is 31.9 Å². The number of hydrogen-bond acceptors (Lipinski definition) is 4. The summed E-state index contributed by atoms with van der Waals surface area (Å²) in [6, 6.07) is 61.9. The largest absolute Gasteiger partial charge is 0.509 e. The van der Waals surface area contributed by atoms with Crippen molar-refractivity contribution in [2.75, 3.05) is 9.80 Å². The first kappa shape index (κ1) is 46.7. The molecular weight excluding hydrogens is 1010 g/mol. The molecule has 6 heteroatoms. The number of rotatable bonds is 9. The summed E-state index contributed by atoms with van der Waals surface area (Å²) in [5.41, 5.74) is 15.9. The Bertz CT molecular complexity index is 3270. The molecule has 0 atom stereocenters. The Labute approximate surface area is 417 Å². The molecule has 5 nitrogen and oxygen atoms in total. The predicted molar refractivity (Wildman–Crippen MR) is 281 cm³/mol. The van der Waals surface area contributed by atoms with Gasteiger partial charge in [0, 0.05) is 61.3 Å². The number of pyridine rings is 1. The van der Waals surface area contributed by atoms with Crippen molar-refractivity contribution < 1.29 is 25.8 Å². The molecule has 0 bridgehead atoms. The smallest absolute Gasteiger partial charge is 0.135 e. The second kappa shape index (κ2) is 18.2. The third-order valence-electron chi connectivity index (χ3n) is 13.2. The molecule has 0 N–H and O–H groups in total. The minimum atomic E-state index is -0.0895. The molecule has 0 spiro atoms. The van der Waals surface area contributed by atoms with Crippen molar-refractivity contribution in [3.8, 4) is 39.6 Å². The molecule has 346 valence electrons. The van der Waals surface area contributed by atoms with Gasteiger partial charge < -0.3 is 19.1 Å². The first-order valence-corrected chi connectivity index (χ1v) is 23.7. The molecule has 0 aliphatic carbocycles. The topological polar surface area (TPSA) is 33.5 Å². The van der Waals surface area contributed by atoms with Crippen LogP contribution in [0.3, 0.4) is 0 Å². The molecule has 3 heterocycles. The van der Waals surface area contributed by atoms with Gasteiger partial charge in [-0.2, -0.15) is 6.07 Å². The van der Waals surface area contributed by atoms with Crippen molar-refractivity contribution >= 4 is 44.6 Å². The summed E-state index contributed by atoms with van der Waals surface area (Å²) >= 11 is 0. The van der Waals surface area contributed by atoms with Gasteiger partial charge in [-0.25, -0.2) is 4.98 Å². The van der Waals surface area contributed by atoms with Gasteiger partial charge in [0.2, 0.25) is 0 Å². The fourth-order valence-corrected chi connectivity index (χ4v) is 9.72. The fourth-order valence-electron chi connectivity index (χ4n) is 9.72. The van der Waals surface area contributed by atoms with Crippen LogP contribution in [0.25, 0.3) is 49.9 Å². The summed E-state index contributed by atoms with van der Waals surface area (Å²) < 4.78 is 9.24. The van der Waals surface area contributed by atoms with Crippen LogP contribution in [0.5, 0.6) is 11.5 Å². The second-order valence-corrected chi connectivity index (χ2v) is 20.6. The Morgan fingerprint density at radius 3 is 1.94 bits per heavy atom. The Kier molecular flexibility index (Phi) is 12.5. The zero-order chi connectivity index (χ0) is 46.8. The van der Waals surface area contributed by atoms with Gasteiger partial charge >= 0.3 is 0 Å². The van der Waals surface area contributed by atoms with E-state index in [0.29, 0.717) is 23.3 Å². The molecular formula is C62H59N4OPt-3. The molecule has 2 aromatic heterocycles. The van der Waals surface area contributed by atoms with Crippen LogP contribution < -0.4 is 14.5 Å². The Morgan fingerprint density at radius 2 is 1.25 bits per heavy atom. The van der Waals surface area contributed by atoms with E-state index in [4.69, 9.17) is 9.72 Å². The molecule has 0 unspecified atom stereocenters. The molecule has 0 fully saturated rings. The molecule has 1 aliphatic heterocycles. The van der Waals surface area contributed by atoms with E-state index >= 15 is 0 Å². The molecule has 9 aromatic rings. The van der Waals surface area contributed by atoms with Crippen molar-refractivity contribution in [3.05, 3.63) is 199 Å². The van der Waals surface area contributed by atoms with Gasteiger partial charge in [0.05, 0.1) is 0 Å². The second-order valence-electron chi connectivity index (χ2n) is 20.6. The minimum absolute atomic E-state index is 0. The zero-order valence-electron chi connectivity index (χ0n) is 40.8. The molecule has 1 aliphatic rings. The maximum atomic E-state index is 7.02. The monoisotopic (exact) mass is 1070 g/mol. The number of anilines is 4. The summed E-state index contributed by atoms with van der Waals surface area (Å²) in [5.74, 6) is 2.67. The number of hydrogen-bond donors (Lipinski definition) is 0. The normalized spacial score (nSPS) is 12.9. The van der Waals surface area contributed by atoms with Gasteiger partial charge in [-0.15, -0.1) is 53.6 Å². The summed E-state index contributed by atoms with van der Waals surface area (Å²) in [6.07, 6.45) is 1.91. The first-order chi connectivity index (χ1) is 32.1. The average Bonchev–Trinajstić information content (AvgIpc) is 3.87. The summed E-state index contributed by atoms with van der Waals surface area (Å²) in [7, 11) is 0. The Hall–Kier alpha value is -6.42. The van der Waals surface area contributed by atoms with Gasteiger partial charge in [-0.05, 0) is 109 Å². The van der Waals surface area contributed by atoms with Crippen LogP contribution in [0.2, 0.25) is 0 Å². The third kappa shape index (κ3) is 8.67. The van der Waals surface area contributed by atoms with Crippen molar-refractivity contribution in [2.24, 2.45) is 0 Å². The van der Waals surface area contributed by atoms with Gasteiger partial charge in [0.25, 0.3) is 0 Å². The minimum Gasteiger partial charge on any atom is -0.509 e. The van der Waals surface area contributed by atoms with E-state index in [0.717, 1.165) is 55.9 Å². The van der Waals surface area contributed by atoms with Gasteiger partial charge in [-0.3, -0.25) is 0 Å². The summed E-state index contributed by atoms with van der Waals surface area (Å²) in [6.45, 7) is 24.9. The summed E-state index contributed by atoms with van der Waals surface area (Å²) in [5, 5.41) is 2.23. The van der Waals surface area contributed by atoms with Crippen molar-refractivity contribution in [1.29, 1.82) is 0 Å². The van der Waals surface area contributed by atoms with E-state index in [2.05, 4.69) is 248 Å². The van der Waals surface area contributed by atoms with Crippen molar-refractivity contribution in [2.45, 2.75) is 91.9 Å². The molecule has 0 amide bonds. The van der Waals surface area contributed by atoms with Crippen LogP contribution >= 0.6 is 0 Å². The number of para-hydroxylation sites is 3. The molecule has 0 saturated heterocycles. The van der Waals surface area contributed by atoms with E-state index in [-0.39, 0.29) is 31.9 Å². The van der Waals surface area contributed by atoms with Crippen molar-refractivity contribution in [1.82, 2.24) is 9.55 Å². The SMILES string of the molecule is CC(C)c1cccc(C(C)C)c1-c1cc(Oc2[c-]c3c(cc2)c2ccccc2n3-c2cc(C(C)(C)C)ccn2)[c-]c(N2[CH-]N(c3ccc(-c4ccccc4)c(C(C)(C)C)c3)c3ccccc32)c1.[Pt]. The predicted octanol–water partition coefficient (Wildman–Crippen LogP) is 17.2. The van der Waals surface area contributed by atoms with E-state index in [9.17, 15) is 0 Å². The molecule has 0 saturated carbocycles. The summed E-state index contributed by atoms with van der Waals surface area (Å²) in [4.78, 5) is 9.49. The number of fused-ring (bicyclic) bond motifs is 4. The van der Waals surface area contributed by atoms with Crippen LogP contribution in [0.15, 0.2) is 158 Å². The molecule has 7 aromatic carbocycles. The number of benzene rings is 7. The van der Waals surface area contributed by atoms with Crippen LogP contribution in [0.1, 0.15) is 103 Å². The quantitative estimate of drug-likeness (QED) is 0.135.